The fourth-order valence-electron chi connectivity index (χ4n) is 2.23. The van der Waals surface area contributed by atoms with Crippen LogP contribution in [0.2, 0.25) is 0 Å². The molecule has 2 aromatic rings. The largest absolute Gasteiger partial charge is 0.375 e. The number of nitrogens with one attached hydrogen (secondary N) is 2. The lowest BCUT2D eigenvalue weighted by atomic mass is 10.1. The van der Waals surface area contributed by atoms with Crippen LogP contribution in [-0.2, 0) is 9.53 Å². The first-order valence-corrected chi connectivity index (χ1v) is 8.51. The van der Waals surface area contributed by atoms with Crippen LogP contribution in [-0.4, -0.2) is 36.2 Å². The number of morpholine rings is 1. The van der Waals surface area contributed by atoms with E-state index in [9.17, 15) is 4.79 Å². The maximum Gasteiger partial charge on any atom is 0.245 e. The van der Waals surface area contributed by atoms with Crippen LogP contribution in [0.3, 0.4) is 0 Å². The van der Waals surface area contributed by atoms with Crippen molar-refractivity contribution in [3.8, 4) is 10.6 Å². The fraction of sp³-hybridized carbons (Fsp3) is 0.429. The molecule has 7 heteroatoms. The van der Waals surface area contributed by atoms with Crippen LogP contribution in [0, 0.1) is 6.92 Å². The molecule has 21 heavy (non-hydrogen) atoms. The van der Waals surface area contributed by atoms with Gasteiger partial charge in [0, 0.05) is 16.8 Å². The third-order valence-electron chi connectivity index (χ3n) is 3.33. The number of aromatic nitrogens is 1. The zero-order valence-corrected chi connectivity index (χ0v) is 13.5. The van der Waals surface area contributed by atoms with Crippen LogP contribution in [0.5, 0.6) is 0 Å². The van der Waals surface area contributed by atoms with Crippen LogP contribution in [0.25, 0.3) is 10.6 Å². The number of aryl methyl sites for hydroxylation is 1. The summed E-state index contributed by atoms with van der Waals surface area (Å²) in [5, 5.41) is 8.64. The van der Waals surface area contributed by atoms with Gasteiger partial charge in [-0.3, -0.25) is 4.79 Å². The van der Waals surface area contributed by atoms with Crippen molar-refractivity contribution in [3.05, 3.63) is 22.4 Å². The van der Waals surface area contributed by atoms with Crippen molar-refractivity contribution in [2.45, 2.75) is 26.0 Å². The van der Waals surface area contributed by atoms with Crippen molar-refractivity contribution in [1.82, 2.24) is 10.3 Å². The van der Waals surface area contributed by atoms with E-state index in [1.165, 1.54) is 16.2 Å². The molecule has 1 aliphatic heterocycles. The van der Waals surface area contributed by atoms with Crippen LogP contribution in [0.4, 0.5) is 5.13 Å². The van der Waals surface area contributed by atoms with Gasteiger partial charge >= 0.3 is 0 Å². The molecule has 3 heterocycles. The number of hydrogen-bond acceptors (Lipinski definition) is 6. The summed E-state index contributed by atoms with van der Waals surface area (Å²) in [5.74, 6) is -0.0922. The molecule has 112 valence electrons. The second-order valence-electron chi connectivity index (χ2n) is 4.95. The lowest BCUT2D eigenvalue weighted by molar-refractivity contribution is -0.123. The van der Waals surface area contributed by atoms with Gasteiger partial charge in [0.2, 0.25) is 5.91 Å². The van der Waals surface area contributed by atoms with Crippen molar-refractivity contribution in [2.24, 2.45) is 0 Å². The molecule has 3 rings (SSSR count). The Labute approximate surface area is 131 Å². The molecule has 2 N–H and O–H groups in total. The summed E-state index contributed by atoms with van der Waals surface area (Å²) in [6, 6.07) is 3.80. The number of ether oxygens (including phenoxy) is 1. The number of anilines is 1. The molecule has 0 unspecified atom stereocenters. The number of thiophene rings is 1. The highest BCUT2D eigenvalue weighted by Crippen LogP contribution is 2.30. The Bertz CT molecular complexity index is 638. The zero-order valence-electron chi connectivity index (χ0n) is 11.9. The Morgan fingerprint density at radius 3 is 3.10 bits per heavy atom. The average Bonchev–Trinajstić information content (AvgIpc) is 3.08. The van der Waals surface area contributed by atoms with Crippen molar-refractivity contribution >= 4 is 33.7 Å². The van der Waals surface area contributed by atoms with Crippen molar-refractivity contribution in [2.75, 3.05) is 18.5 Å². The van der Waals surface area contributed by atoms with Gasteiger partial charge in [0.05, 0.1) is 23.3 Å². The van der Waals surface area contributed by atoms with Gasteiger partial charge in [-0.1, -0.05) is 0 Å². The highest BCUT2D eigenvalue weighted by atomic mass is 32.1. The monoisotopic (exact) mass is 323 g/mol. The summed E-state index contributed by atoms with van der Waals surface area (Å²) >= 11 is 3.14. The van der Waals surface area contributed by atoms with E-state index in [-0.39, 0.29) is 18.1 Å². The van der Waals surface area contributed by atoms with Crippen molar-refractivity contribution < 1.29 is 9.53 Å². The van der Waals surface area contributed by atoms with Crippen LogP contribution in [0.1, 0.15) is 11.8 Å². The number of nitrogens with zero attached hydrogens (tertiary/aromatic N) is 1. The highest BCUT2D eigenvalue weighted by molar-refractivity contribution is 7.17. The third kappa shape index (κ3) is 3.32. The summed E-state index contributed by atoms with van der Waals surface area (Å²) in [6.45, 7) is 5.31. The first-order chi connectivity index (χ1) is 10.1. The van der Waals surface area contributed by atoms with Gasteiger partial charge in [0.15, 0.2) is 5.13 Å². The van der Waals surface area contributed by atoms with E-state index in [1.54, 1.807) is 11.3 Å². The Morgan fingerprint density at radius 2 is 2.38 bits per heavy atom. The molecule has 1 saturated heterocycles. The molecule has 0 aliphatic carbocycles. The van der Waals surface area contributed by atoms with E-state index >= 15 is 0 Å². The SMILES string of the molecule is Cc1ccc(-c2csc(NC(=O)[C@H]3NCCO[C@@H]3C)n2)s1. The van der Waals surface area contributed by atoms with E-state index in [2.05, 4.69) is 34.7 Å². The number of hydrogen-bond donors (Lipinski definition) is 2. The van der Waals surface area contributed by atoms with Gasteiger partial charge < -0.3 is 15.4 Å². The molecule has 1 amide bonds. The molecule has 0 saturated carbocycles. The molecule has 0 spiro atoms. The zero-order chi connectivity index (χ0) is 14.8. The predicted molar refractivity (Wildman–Crippen MR) is 86.0 cm³/mol. The maximum atomic E-state index is 12.2. The smallest absolute Gasteiger partial charge is 0.245 e. The summed E-state index contributed by atoms with van der Waals surface area (Å²) in [6.07, 6.45) is -0.127. The molecule has 5 nitrogen and oxygen atoms in total. The fourth-order valence-corrected chi connectivity index (χ4v) is 3.84. The number of carbonyl (C=O) groups is 1. The molecule has 1 fully saturated rings. The van der Waals surface area contributed by atoms with E-state index in [4.69, 9.17) is 4.74 Å². The van der Waals surface area contributed by atoms with Gasteiger partial charge in [-0.15, -0.1) is 22.7 Å². The molecule has 2 atom stereocenters. The molecule has 1 aliphatic rings. The normalized spacial score (nSPS) is 22.2. The summed E-state index contributed by atoms with van der Waals surface area (Å²) < 4.78 is 5.49. The second-order valence-corrected chi connectivity index (χ2v) is 7.09. The maximum absolute atomic E-state index is 12.2. The van der Waals surface area contributed by atoms with E-state index in [0.717, 1.165) is 10.6 Å². The molecular weight excluding hydrogens is 306 g/mol. The Balaban J connectivity index is 1.68. The van der Waals surface area contributed by atoms with E-state index in [0.29, 0.717) is 18.3 Å². The molecular formula is C14H17N3O2S2. The van der Waals surface area contributed by atoms with E-state index in [1.807, 2.05) is 12.3 Å². The number of thiazole rings is 1. The van der Waals surface area contributed by atoms with Crippen LogP contribution >= 0.6 is 22.7 Å². The van der Waals surface area contributed by atoms with Gasteiger partial charge in [0.1, 0.15) is 6.04 Å². The lowest BCUT2D eigenvalue weighted by Gasteiger charge is -2.28. The lowest BCUT2D eigenvalue weighted by Crippen LogP contribution is -2.53. The Hall–Kier alpha value is -1.28. The van der Waals surface area contributed by atoms with Crippen LogP contribution in [0.15, 0.2) is 17.5 Å². The topological polar surface area (TPSA) is 63.2 Å². The minimum absolute atomic E-state index is 0.0922. The average molecular weight is 323 g/mol. The molecule has 2 aromatic heterocycles. The highest BCUT2D eigenvalue weighted by Gasteiger charge is 2.28. The molecule has 0 bridgehead atoms. The number of carbonyl (C=O) groups excluding carboxylic acids is 1. The quantitative estimate of drug-likeness (QED) is 0.911. The van der Waals surface area contributed by atoms with Gasteiger partial charge in [-0.05, 0) is 26.0 Å². The third-order valence-corrected chi connectivity index (χ3v) is 5.11. The molecule has 0 radical (unpaired) electrons. The Morgan fingerprint density at radius 1 is 1.52 bits per heavy atom. The standard InChI is InChI=1S/C14H17N3O2S2/c1-8-3-4-11(21-8)10-7-20-14(16-10)17-13(18)12-9(2)19-6-5-15-12/h3-4,7,9,12,15H,5-6H2,1-2H3,(H,16,17,18)/t9-,12+/m1/s1. The second kappa shape index (κ2) is 6.23. The predicted octanol–water partition coefficient (Wildman–Crippen LogP) is 2.50. The van der Waals surface area contributed by atoms with Gasteiger partial charge in [-0.25, -0.2) is 4.98 Å². The van der Waals surface area contributed by atoms with Gasteiger partial charge in [0.25, 0.3) is 0 Å². The van der Waals surface area contributed by atoms with Crippen molar-refractivity contribution in [3.63, 3.8) is 0 Å². The first-order valence-electron chi connectivity index (χ1n) is 6.81. The minimum Gasteiger partial charge on any atom is -0.375 e. The number of rotatable bonds is 3. The number of amides is 1. The molecule has 0 aromatic carbocycles. The Kier molecular flexibility index (Phi) is 4.34. The minimum atomic E-state index is -0.324. The van der Waals surface area contributed by atoms with E-state index < -0.39 is 0 Å². The van der Waals surface area contributed by atoms with Crippen LogP contribution < -0.4 is 10.6 Å². The van der Waals surface area contributed by atoms with Gasteiger partial charge in [-0.2, -0.15) is 0 Å². The van der Waals surface area contributed by atoms with Crippen molar-refractivity contribution in [1.29, 1.82) is 0 Å². The summed E-state index contributed by atoms with van der Waals surface area (Å²) in [5.41, 5.74) is 0.911. The first kappa shape index (κ1) is 14.6. The summed E-state index contributed by atoms with van der Waals surface area (Å²) in [4.78, 5) is 19.1. The summed E-state index contributed by atoms with van der Waals surface area (Å²) in [7, 11) is 0.